The van der Waals surface area contributed by atoms with Crippen molar-refractivity contribution in [3.8, 4) is 11.5 Å². The van der Waals surface area contributed by atoms with Crippen LogP contribution >= 0.6 is 0 Å². The zero-order valence-electron chi connectivity index (χ0n) is 18.3. The van der Waals surface area contributed by atoms with Gasteiger partial charge in [-0.15, -0.1) is 0 Å². The molecule has 0 saturated carbocycles. The van der Waals surface area contributed by atoms with Crippen molar-refractivity contribution in [2.75, 3.05) is 34.5 Å². The van der Waals surface area contributed by atoms with Gasteiger partial charge in [-0.2, -0.15) is 0 Å². The van der Waals surface area contributed by atoms with Crippen LogP contribution in [-0.4, -0.2) is 62.2 Å². The monoisotopic (exact) mass is 430 g/mol. The number of nitrogens with zero attached hydrogens (tertiary/aromatic N) is 2. The molecule has 0 aliphatic heterocycles. The number of hydrogen-bond donors (Lipinski definition) is 0. The van der Waals surface area contributed by atoms with Crippen molar-refractivity contribution < 1.29 is 33.3 Å². The highest BCUT2D eigenvalue weighted by atomic mass is 16.5. The summed E-state index contributed by atoms with van der Waals surface area (Å²) in [6, 6.07) is 8.09. The number of aryl methyl sites for hydroxylation is 1. The molecule has 2 rings (SSSR count). The third-order valence-electron chi connectivity index (χ3n) is 4.42. The van der Waals surface area contributed by atoms with Gasteiger partial charge in [0.05, 0.1) is 39.2 Å². The number of pyridine rings is 1. The molecular weight excluding hydrogens is 404 g/mol. The lowest BCUT2D eigenvalue weighted by molar-refractivity contribution is -0.141. The topological polar surface area (TPSA) is 104 Å². The van der Waals surface area contributed by atoms with Gasteiger partial charge in [-0.25, -0.2) is 9.78 Å². The van der Waals surface area contributed by atoms with Crippen LogP contribution in [0.3, 0.4) is 0 Å². The minimum absolute atomic E-state index is 0.0852. The van der Waals surface area contributed by atoms with E-state index in [0.717, 1.165) is 0 Å². The Labute approximate surface area is 180 Å². The Hall–Kier alpha value is -3.62. The van der Waals surface area contributed by atoms with E-state index in [1.165, 1.54) is 38.4 Å². The number of ether oxygens (including phenoxy) is 4. The Kier molecular flexibility index (Phi) is 8.36. The molecular formula is C22H26N2O7. The summed E-state index contributed by atoms with van der Waals surface area (Å²) < 4.78 is 20.3. The van der Waals surface area contributed by atoms with Crippen molar-refractivity contribution >= 4 is 17.8 Å². The van der Waals surface area contributed by atoms with Crippen molar-refractivity contribution in [3.05, 3.63) is 52.8 Å². The molecule has 0 aliphatic rings. The van der Waals surface area contributed by atoms with E-state index in [1.54, 1.807) is 32.0 Å². The highest BCUT2D eigenvalue weighted by Gasteiger charge is 2.23. The van der Waals surface area contributed by atoms with Gasteiger partial charge in [0.25, 0.3) is 5.91 Å². The molecule has 0 unspecified atom stereocenters. The molecule has 31 heavy (non-hydrogen) atoms. The van der Waals surface area contributed by atoms with E-state index in [9.17, 15) is 14.4 Å². The number of methoxy groups -OCH3 is 3. The van der Waals surface area contributed by atoms with Crippen molar-refractivity contribution in [2.24, 2.45) is 0 Å². The van der Waals surface area contributed by atoms with Gasteiger partial charge in [0.1, 0.15) is 23.7 Å². The molecule has 0 bridgehead atoms. The molecule has 0 aliphatic carbocycles. The van der Waals surface area contributed by atoms with Crippen molar-refractivity contribution in [2.45, 2.75) is 20.4 Å². The molecule has 1 aromatic heterocycles. The summed E-state index contributed by atoms with van der Waals surface area (Å²) in [5, 5.41) is 0. The second-order valence-electron chi connectivity index (χ2n) is 6.51. The van der Waals surface area contributed by atoms with E-state index >= 15 is 0 Å². The first-order valence-electron chi connectivity index (χ1n) is 9.55. The Morgan fingerprint density at radius 3 is 2.16 bits per heavy atom. The zero-order valence-corrected chi connectivity index (χ0v) is 18.3. The Morgan fingerprint density at radius 2 is 1.65 bits per heavy atom. The molecule has 1 aromatic carbocycles. The normalized spacial score (nSPS) is 10.2. The summed E-state index contributed by atoms with van der Waals surface area (Å²) in [6.45, 7) is 3.35. The van der Waals surface area contributed by atoms with E-state index in [0.29, 0.717) is 22.8 Å². The summed E-state index contributed by atoms with van der Waals surface area (Å²) in [7, 11) is 4.29. The molecule has 0 atom stereocenters. The number of esters is 2. The summed E-state index contributed by atoms with van der Waals surface area (Å²) in [4.78, 5) is 42.6. The predicted octanol–water partition coefficient (Wildman–Crippen LogP) is 2.40. The van der Waals surface area contributed by atoms with E-state index in [2.05, 4.69) is 4.98 Å². The van der Waals surface area contributed by atoms with Crippen LogP contribution in [0, 0.1) is 6.92 Å². The van der Waals surface area contributed by atoms with Gasteiger partial charge in [-0.1, -0.05) is 0 Å². The second kappa shape index (κ2) is 11.0. The van der Waals surface area contributed by atoms with Crippen LogP contribution in [0.25, 0.3) is 0 Å². The van der Waals surface area contributed by atoms with Gasteiger partial charge in [0.2, 0.25) is 0 Å². The molecule has 0 N–H and O–H groups in total. The van der Waals surface area contributed by atoms with Crippen LogP contribution in [0.5, 0.6) is 11.5 Å². The minimum atomic E-state index is -0.580. The van der Waals surface area contributed by atoms with Crippen molar-refractivity contribution in [1.82, 2.24) is 9.88 Å². The number of carbonyl (C=O) groups is 3. The van der Waals surface area contributed by atoms with Gasteiger partial charge in [-0.3, -0.25) is 9.59 Å². The number of benzene rings is 1. The number of hydrogen-bond acceptors (Lipinski definition) is 8. The number of aromatic nitrogens is 1. The van der Waals surface area contributed by atoms with Gasteiger partial charge >= 0.3 is 11.9 Å². The molecule has 0 spiro atoms. The van der Waals surface area contributed by atoms with Crippen LogP contribution in [-0.2, 0) is 20.8 Å². The smallest absolute Gasteiger partial charge is 0.339 e. The van der Waals surface area contributed by atoms with Crippen LogP contribution in [0.2, 0.25) is 0 Å². The molecule has 0 radical (unpaired) electrons. The van der Waals surface area contributed by atoms with Gasteiger partial charge in [0.15, 0.2) is 0 Å². The van der Waals surface area contributed by atoms with Crippen molar-refractivity contribution in [3.63, 3.8) is 0 Å². The average Bonchev–Trinajstić information content (AvgIpc) is 2.77. The van der Waals surface area contributed by atoms with Crippen LogP contribution < -0.4 is 9.47 Å². The molecule has 0 saturated heterocycles. The lowest BCUT2D eigenvalue weighted by Gasteiger charge is -2.22. The maximum absolute atomic E-state index is 13.1. The van der Waals surface area contributed by atoms with Gasteiger partial charge in [-0.05, 0) is 43.7 Å². The standard InChI is InChI=1S/C22H26N2O7/c1-6-31-22(27)18-7-8-19(23-14(18)2)21(26)24(13-20(25)30-5)12-15-9-16(28-3)11-17(10-15)29-4/h7-11H,6,12-13H2,1-5H3. The molecule has 1 amide bonds. The maximum Gasteiger partial charge on any atom is 0.339 e. The van der Waals surface area contributed by atoms with Gasteiger partial charge in [0, 0.05) is 12.6 Å². The highest BCUT2D eigenvalue weighted by Crippen LogP contribution is 2.24. The molecule has 1 heterocycles. The van der Waals surface area contributed by atoms with E-state index < -0.39 is 17.8 Å². The molecule has 9 heteroatoms. The highest BCUT2D eigenvalue weighted by molar-refractivity contribution is 5.96. The zero-order chi connectivity index (χ0) is 23.0. The lowest BCUT2D eigenvalue weighted by Crippen LogP contribution is -2.36. The minimum Gasteiger partial charge on any atom is -0.497 e. The third kappa shape index (κ3) is 6.18. The number of carbonyl (C=O) groups excluding carboxylic acids is 3. The van der Waals surface area contributed by atoms with Crippen LogP contribution in [0.15, 0.2) is 30.3 Å². The van der Waals surface area contributed by atoms with Crippen LogP contribution in [0.4, 0.5) is 0 Å². The fraction of sp³-hybridized carbons (Fsp3) is 0.364. The van der Waals surface area contributed by atoms with E-state index in [-0.39, 0.29) is 31.0 Å². The third-order valence-corrected chi connectivity index (χ3v) is 4.42. The Bertz CT molecular complexity index is 937. The maximum atomic E-state index is 13.1. The summed E-state index contributed by atoms with van der Waals surface area (Å²) in [5.41, 5.74) is 1.40. The molecule has 2 aromatic rings. The summed E-state index contributed by atoms with van der Waals surface area (Å²) in [6.07, 6.45) is 0. The number of rotatable bonds is 9. The van der Waals surface area contributed by atoms with Crippen molar-refractivity contribution in [1.29, 1.82) is 0 Å². The largest absolute Gasteiger partial charge is 0.497 e. The SMILES string of the molecule is CCOC(=O)c1ccc(C(=O)N(CC(=O)OC)Cc2cc(OC)cc(OC)c2)nc1C. The molecule has 166 valence electrons. The summed E-state index contributed by atoms with van der Waals surface area (Å²) in [5.74, 6) is -0.490. The predicted molar refractivity (Wildman–Crippen MR) is 111 cm³/mol. The first kappa shape index (κ1) is 23.7. The van der Waals surface area contributed by atoms with Gasteiger partial charge < -0.3 is 23.8 Å². The van der Waals surface area contributed by atoms with E-state index in [4.69, 9.17) is 18.9 Å². The Morgan fingerprint density at radius 1 is 1.00 bits per heavy atom. The molecule has 9 nitrogen and oxygen atoms in total. The first-order valence-corrected chi connectivity index (χ1v) is 9.55. The fourth-order valence-electron chi connectivity index (χ4n) is 2.86. The first-order chi connectivity index (χ1) is 14.8. The number of amides is 1. The fourth-order valence-corrected chi connectivity index (χ4v) is 2.86. The second-order valence-corrected chi connectivity index (χ2v) is 6.51. The lowest BCUT2D eigenvalue weighted by atomic mass is 10.1. The molecule has 0 fully saturated rings. The van der Waals surface area contributed by atoms with E-state index in [1.807, 2.05) is 0 Å². The van der Waals surface area contributed by atoms with Crippen LogP contribution in [0.1, 0.15) is 39.0 Å². The Balaban J connectivity index is 2.35. The average molecular weight is 430 g/mol. The quantitative estimate of drug-likeness (QED) is 0.559. The summed E-state index contributed by atoms with van der Waals surface area (Å²) >= 11 is 0.